The van der Waals surface area contributed by atoms with Gasteiger partial charge in [0.25, 0.3) is 0 Å². The number of carbonyl (C=O) groups is 1. The Balaban J connectivity index is 2.47. The Bertz CT molecular complexity index is 669. The van der Waals surface area contributed by atoms with Crippen molar-refractivity contribution in [3.05, 3.63) is 27.7 Å². The number of thioether (sulfide) groups is 1. The Morgan fingerprint density at radius 2 is 2.14 bits per heavy atom. The van der Waals surface area contributed by atoms with E-state index in [4.69, 9.17) is 0 Å². The fourth-order valence-corrected chi connectivity index (χ4v) is 5.61. The first-order valence-electron chi connectivity index (χ1n) is 6.34. The number of sulfonamides is 1. The van der Waals surface area contributed by atoms with Crippen LogP contribution in [0.4, 0.5) is 0 Å². The number of rotatable bonds is 4. The number of carboxylic acids is 1. The zero-order valence-corrected chi connectivity index (χ0v) is 14.9. The molecule has 1 aliphatic heterocycles. The number of hydrogen-bond acceptors (Lipinski definition) is 4. The van der Waals surface area contributed by atoms with Crippen LogP contribution in [-0.4, -0.2) is 48.4 Å². The molecule has 21 heavy (non-hydrogen) atoms. The normalized spacial score (nSPS) is 19.1. The van der Waals surface area contributed by atoms with Gasteiger partial charge in [-0.15, -0.1) is 0 Å². The van der Waals surface area contributed by atoms with Gasteiger partial charge in [-0.25, -0.2) is 13.2 Å². The van der Waals surface area contributed by atoms with Crippen molar-refractivity contribution in [3.8, 4) is 0 Å². The summed E-state index contributed by atoms with van der Waals surface area (Å²) in [5.41, 5.74) is 0.512. The fourth-order valence-electron chi connectivity index (χ4n) is 2.20. The number of halogens is 1. The van der Waals surface area contributed by atoms with Crippen LogP contribution in [0.15, 0.2) is 21.5 Å². The Labute approximate surface area is 136 Å². The van der Waals surface area contributed by atoms with Crippen LogP contribution in [-0.2, 0) is 10.0 Å². The Hall–Kier alpha value is -0.570. The van der Waals surface area contributed by atoms with Gasteiger partial charge in [0.2, 0.25) is 10.0 Å². The maximum absolute atomic E-state index is 12.7. The molecule has 1 aliphatic rings. The molecule has 0 amide bonds. The van der Waals surface area contributed by atoms with Crippen molar-refractivity contribution in [2.45, 2.75) is 24.3 Å². The van der Waals surface area contributed by atoms with Gasteiger partial charge in [-0.2, -0.15) is 16.1 Å². The van der Waals surface area contributed by atoms with E-state index in [1.165, 1.54) is 16.4 Å². The summed E-state index contributed by atoms with van der Waals surface area (Å²) in [5, 5.41) is 9.20. The average Bonchev–Trinajstić information content (AvgIpc) is 2.94. The largest absolute Gasteiger partial charge is 0.478 e. The second kappa shape index (κ2) is 6.28. The molecule has 0 radical (unpaired) electrons. The van der Waals surface area contributed by atoms with Gasteiger partial charge in [0.15, 0.2) is 0 Å². The van der Waals surface area contributed by atoms with E-state index >= 15 is 0 Å². The first kappa shape index (κ1) is 16.8. The van der Waals surface area contributed by atoms with Crippen molar-refractivity contribution in [1.82, 2.24) is 4.31 Å². The SMILES string of the molecule is Cc1c(Br)cc(S(=O)(=O)N(C)C2CCSC2)cc1C(=O)O. The molecule has 1 saturated heterocycles. The third-order valence-corrected chi connectivity index (χ3v) is 7.50. The van der Waals surface area contributed by atoms with Gasteiger partial charge in [-0.1, -0.05) is 15.9 Å². The van der Waals surface area contributed by atoms with Crippen molar-refractivity contribution >= 4 is 43.7 Å². The maximum Gasteiger partial charge on any atom is 0.336 e. The van der Waals surface area contributed by atoms with Gasteiger partial charge in [0, 0.05) is 23.3 Å². The molecule has 1 N–H and O–H groups in total. The monoisotopic (exact) mass is 393 g/mol. The smallest absolute Gasteiger partial charge is 0.336 e. The molecule has 1 unspecified atom stereocenters. The van der Waals surface area contributed by atoms with Crippen molar-refractivity contribution in [3.63, 3.8) is 0 Å². The molecular formula is C13H16BrNO4S2. The summed E-state index contributed by atoms with van der Waals surface area (Å²) in [6, 6.07) is 2.67. The molecule has 1 aromatic rings. The summed E-state index contributed by atoms with van der Waals surface area (Å²) < 4.78 is 27.2. The van der Waals surface area contributed by atoms with E-state index in [-0.39, 0.29) is 16.5 Å². The number of aromatic carboxylic acids is 1. The molecule has 0 aliphatic carbocycles. The van der Waals surface area contributed by atoms with Crippen LogP contribution in [0.3, 0.4) is 0 Å². The molecule has 2 rings (SSSR count). The van der Waals surface area contributed by atoms with Crippen molar-refractivity contribution in [1.29, 1.82) is 0 Å². The minimum absolute atomic E-state index is 0.00264. The number of carboxylic acid groups (broad SMARTS) is 1. The fraction of sp³-hybridized carbons (Fsp3) is 0.462. The first-order chi connectivity index (χ1) is 9.75. The average molecular weight is 394 g/mol. The molecular weight excluding hydrogens is 378 g/mol. The highest BCUT2D eigenvalue weighted by molar-refractivity contribution is 9.10. The molecule has 0 aromatic heterocycles. The minimum Gasteiger partial charge on any atom is -0.478 e. The predicted octanol–water partition coefficient (Wildman–Crippen LogP) is 2.58. The highest BCUT2D eigenvalue weighted by Gasteiger charge is 2.31. The van der Waals surface area contributed by atoms with Crippen LogP contribution in [0.1, 0.15) is 22.3 Å². The summed E-state index contributed by atoms with van der Waals surface area (Å²) in [6.07, 6.45) is 0.819. The van der Waals surface area contributed by atoms with Gasteiger partial charge in [0.1, 0.15) is 0 Å². The Morgan fingerprint density at radius 1 is 1.48 bits per heavy atom. The van der Waals surface area contributed by atoms with Crippen molar-refractivity contribution in [2.75, 3.05) is 18.6 Å². The Morgan fingerprint density at radius 3 is 2.67 bits per heavy atom. The van der Waals surface area contributed by atoms with Crippen molar-refractivity contribution < 1.29 is 18.3 Å². The second-order valence-corrected chi connectivity index (χ2v) is 8.92. The third kappa shape index (κ3) is 3.28. The first-order valence-corrected chi connectivity index (χ1v) is 9.73. The highest BCUT2D eigenvalue weighted by atomic mass is 79.9. The van der Waals surface area contributed by atoms with E-state index in [0.29, 0.717) is 10.0 Å². The molecule has 0 bridgehead atoms. The molecule has 0 spiro atoms. The van der Waals surface area contributed by atoms with Crippen LogP contribution >= 0.6 is 27.7 Å². The van der Waals surface area contributed by atoms with Crippen LogP contribution in [0.2, 0.25) is 0 Å². The standard InChI is InChI=1S/C13H16BrNO4S2/c1-8-11(13(16)17)5-10(6-12(8)14)21(18,19)15(2)9-3-4-20-7-9/h5-6,9H,3-4,7H2,1-2H3,(H,16,17). The second-order valence-electron chi connectivity index (χ2n) is 4.92. The van der Waals surface area contributed by atoms with Crippen LogP contribution < -0.4 is 0 Å². The van der Waals surface area contributed by atoms with Gasteiger partial charge in [0.05, 0.1) is 10.5 Å². The topological polar surface area (TPSA) is 74.7 Å². The summed E-state index contributed by atoms with van der Waals surface area (Å²) in [5.74, 6) is 0.584. The Kier molecular flexibility index (Phi) is 5.02. The van der Waals surface area contributed by atoms with E-state index in [0.717, 1.165) is 17.9 Å². The number of benzene rings is 1. The van der Waals surface area contributed by atoms with E-state index in [2.05, 4.69) is 15.9 Å². The minimum atomic E-state index is -3.69. The van der Waals surface area contributed by atoms with E-state index in [1.54, 1.807) is 25.7 Å². The number of nitrogens with zero attached hydrogens (tertiary/aromatic N) is 1. The van der Waals surface area contributed by atoms with Gasteiger partial charge in [-0.3, -0.25) is 0 Å². The summed E-state index contributed by atoms with van der Waals surface area (Å²) in [6.45, 7) is 1.64. The number of hydrogen-bond donors (Lipinski definition) is 1. The lowest BCUT2D eigenvalue weighted by Gasteiger charge is -2.23. The molecule has 1 atom stereocenters. The van der Waals surface area contributed by atoms with Gasteiger partial charge >= 0.3 is 5.97 Å². The molecule has 8 heteroatoms. The lowest BCUT2D eigenvalue weighted by Crippen LogP contribution is -2.37. The molecule has 1 fully saturated rings. The lowest BCUT2D eigenvalue weighted by atomic mass is 10.1. The quantitative estimate of drug-likeness (QED) is 0.850. The molecule has 116 valence electrons. The van der Waals surface area contributed by atoms with Gasteiger partial charge < -0.3 is 5.11 Å². The molecule has 0 saturated carbocycles. The van der Waals surface area contributed by atoms with E-state index < -0.39 is 16.0 Å². The lowest BCUT2D eigenvalue weighted by molar-refractivity contribution is 0.0695. The van der Waals surface area contributed by atoms with Crippen molar-refractivity contribution in [2.24, 2.45) is 0 Å². The van der Waals surface area contributed by atoms with E-state index in [9.17, 15) is 18.3 Å². The van der Waals surface area contributed by atoms with E-state index in [1.807, 2.05) is 0 Å². The molecule has 1 aromatic carbocycles. The summed E-state index contributed by atoms with van der Waals surface area (Å²) in [4.78, 5) is 11.3. The third-order valence-electron chi connectivity index (χ3n) is 3.65. The molecule has 1 heterocycles. The molecule has 5 nitrogen and oxygen atoms in total. The zero-order chi connectivity index (χ0) is 15.8. The maximum atomic E-state index is 12.7. The summed E-state index contributed by atoms with van der Waals surface area (Å²) in [7, 11) is -2.14. The van der Waals surface area contributed by atoms with Gasteiger partial charge in [-0.05, 0) is 36.8 Å². The van der Waals surface area contributed by atoms with Crippen LogP contribution in [0, 0.1) is 6.92 Å². The predicted molar refractivity (Wildman–Crippen MR) is 86.5 cm³/mol. The zero-order valence-electron chi connectivity index (χ0n) is 11.7. The summed E-state index contributed by atoms with van der Waals surface area (Å²) >= 11 is 4.97. The highest BCUT2D eigenvalue weighted by Crippen LogP contribution is 2.30. The van der Waals surface area contributed by atoms with Crippen LogP contribution in [0.25, 0.3) is 0 Å². The van der Waals surface area contributed by atoms with Crippen LogP contribution in [0.5, 0.6) is 0 Å².